The Kier molecular flexibility index (Phi) is 6.92. The molecule has 194 valence electrons. The molecular weight excluding hydrogens is 462 g/mol. The standard InChI is InChI=1S/C28H35NO7/c1-26(2)15-16-27(3,36-25(26)35-6)14-13-17-7-12-20-21(22(17)30)28(32,23(34-5)24(31)29-20)18-8-10-19(33-4)11-9-18/h7-14,23,25,30,32H,15-16H2,1-6H3,(H,29,31)/b14-13+/t23-,25+,27+,28+/m0/s1. The number of methoxy groups -OCH3 is 3. The predicted octanol–water partition coefficient (Wildman–Crippen LogP) is 4.18. The SMILES string of the molecule is COc1ccc([C@@]2(O)c3c(ccc(/C=C/[C@]4(C)CCC(C)(C)[C@H](OC)O4)c3O)NC(=O)[C@@H]2OC)cc1. The van der Waals surface area contributed by atoms with Gasteiger partial charge in [-0.3, -0.25) is 4.79 Å². The van der Waals surface area contributed by atoms with Crippen LogP contribution in [0.1, 0.15) is 50.3 Å². The van der Waals surface area contributed by atoms with Gasteiger partial charge in [0.25, 0.3) is 5.91 Å². The number of phenolic OH excluding ortho intramolecular Hbond substituents is 1. The number of amides is 1. The van der Waals surface area contributed by atoms with Crippen LogP contribution >= 0.6 is 0 Å². The van der Waals surface area contributed by atoms with Gasteiger partial charge in [0.1, 0.15) is 11.5 Å². The van der Waals surface area contributed by atoms with Crippen molar-refractivity contribution in [3.8, 4) is 11.5 Å². The molecule has 8 heteroatoms. The van der Waals surface area contributed by atoms with E-state index in [0.717, 1.165) is 12.8 Å². The van der Waals surface area contributed by atoms with Crippen molar-refractivity contribution in [2.75, 3.05) is 26.6 Å². The molecule has 2 aliphatic rings. The highest BCUT2D eigenvalue weighted by Gasteiger charge is 2.51. The van der Waals surface area contributed by atoms with Crippen LogP contribution in [0, 0.1) is 5.41 Å². The van der Waals surface area contributed by atoms with Crippen molar-refractivity contribution >= 4 is 17.7 Å². The number of anilines is 1. The minimum atomic E-state index is -1.94. The van der Waals surface area contributed by atoms with Gasteiger partial charge in [0.05, 0.1) is 24.0 Å². The Balaban J connectivity index is 1.77. The lowest BCUT2D eigenvalue weighted by atomic mass is 9.76. The minimum absolute atomic E-state index is 0.113. The van der Waals surface area contributed by atoms with Gasteiger partial charge in [-0.1, -0.05) is 38.1 Å². The maximum Gasteiger partial charge on any atom is 0.257 e. The summed E-state index contributed by atoms with van der Waals surface area (Å²) in [5.74, 6) is -0.0783. The highest BCUT2D eigenvalue weighted by Crippen LogP contribution is 2.48. The van der Waals surface area contributed by atoms with Crippen LogP contribution in [0.2, 0.25) is 0 Å². The lowest BCUT2D eigenvalue weighted by Crippen LogP contribution is -2.52. The number of fused-ring (bicyclic) bond motifs is 1. The number of benzene rings is 2. The maximum atomic E-state index is 12.8. The van der Waals surface area contributed by atoms with E-state index in [1.165, 1.54) is 7.11 Å². The first-order chi connectivity index (χ1) is 17.0. The van der Waals surface area contributed by atoms with Crippen LogP contribution in [0.4, 0.5) is 5.69 Å². The Morgan fingerprint density at radius 2 is 1.72 bits per heavy atom. The average molecular weight is 498 g/mol. The summed E-state index contributed by atoms with van der Waals surface area (Å²) < 4.78 is 22.5. The van der Waals surface area contributed by atoms with E-state index < -0.39 is 23.2 Å². The maximum absolute atomic E-state index is 12.8. The van der Waals surface area contributed by atoms with Gasteiger partial charge in [-0.2, -0.15) is 0 Å². The Hall–Kier alpha value is -2.91. The van der Waals surface area contributed by atoms with Crippen LogP contribution in [0.25, 0.3) is 6.08 Å². The summed E-state index contributed by atoms with van der Waals surface area (Å²) in [7, 11) is 4.53. The van der Waals surface area contributed by atoms with Gasteiger partial charge in [-0.15, -0.1) is 0 Å². The van der Waals surface area contributed by atoms with Crippen LogP contribution < -0.4 is 10.1 Å². The normalized spacial score (nSPS) is 29.6. The molecule has 0 aromatic heterocycles. The summed E-state index contributed by atoms with van der Waals surface area (Å²) in [4.78, 5) is 12.8. The molecule has 2 aromatic carbocycles. The van der Waals surface area contributed by atoms with E-state index in [1.807, 2.05) is 13.0 Å². The van der Waals surface area contributed by atoms with Gasteiger partial charge in [-0.05, 0) is 49.6 Å². The van der Waals surface area contributed by atoms with E-state index in [-0.39, 0.29) is 23.0 Å². The molecule has 0 aliphatic carbocycles. The van der Waals surface area contributed by atoms with E-state index in [4.69, 9.17) is 18.9 Å². The smallest absolute Gasteiger partial charge is 0.257 e. The second-order valence-corrected chi connectivity index (χ2v) is 10.3. The molecule has 0 unspecified atom stereocenters. The number of hydrogen-bond donors (Lipinski definition) is 3. The number of aromatic hydroxyl groups is 1. The van der Waals surface area contributed by atoms with Gasteiger partial charge in [0.15, 0.2) is 18.0 Å². The molecule has 36 heavy (non-hydrogen) atoms. The first kappa shape index (κ1) is 26.2. The Morgan fingerprint density at radius 1 is 1.03 bits per heavy atom. The zero-order valence-electron chi connectivity index (χ0n) is 21.6. The summed E-state index contributed by atoms with van der Waals surface area (Å²) in [6.45, 7) is 6.20. The molecule has 2 heterocycles. The summed E-state index contributed by atoms with van der Waals surface area (Å²) >= 11 is 0. The third-order valence-electron chi connectivity index (χ3n) is 7.34. The second-order valence-electron chi connectivity index (χ2n) is 10.3. The zero-order valence-corrected chi connectivity index (χ0v) is 21.6. The molecule has 2 aromatic rings. The van der Waals surface area contributed by atoms with Crippen molar-refractivity contribution in [2.24, 2.45) is 5.41 Å². The minimum Gasteiger partial charge on any atom is -0.507 e. The molecule has 1 amide bonds. The molecule has 2 aliphatic heterocycles. The molecule has 0 bridgehead atoms. The summed E-state index contributed by atoms with van der Waals surface area (Å²) in [6.07, 6.45) is 3.70. The summed E-state index contributed by atoms with van der Waals surface area (Å²) in [6, 6.07) is 10.0. The molecule has 1 saturated heterocycles. The lowest BCUT2D eigenvalue weighted by Gasteiger charge is -2.45. The number of ether oxygens (including phenoxy) is 4. The number of carbonyl (C=O) groups is 1. The van der Waals surface area contributed by atoms with Crippen LogP contribution in [-0.4, -0.2) is 55.4 Å². The van der Waals surface area contributed by atoms with E-state index in [1.54, 1.807) is 56.7 Å². The molecule has 8 nitrogen and oxygen atoms in total. The molecule has 0 spiro atoms. The summed E-state index contributed by atoms with van der Waals surface area (Å²) in [5.41, 5.74) is -1.34. The van der Waals surface area contributed by atoms with E-state index >= 15 is 0 Å². The van der Waals surface area contributed by atoms with Gasteiger partial charge < -0.3 is 34.5 Å². The fourth-order valence-corrected chi connectivity index (χ4v) is 5.08. The van der Waals surface area contributed by atoms with Crippen molar-refractivity contribution in [1.82, 2.24) is 0 Å². The number of nitrogens with one attached hydrogen (secondary N) is 1. The topological polar surface area (TPSA) is 106 Å². The zero-order chi connectivity index (χ0) is 26.3. The molecule has 4 rings (SSSR count). The molecule has 4 atom stereocenters. The van der Waals surface area contributed by atoms with Crippen LogP contribution in [0.3, 0.4) is 0 Å². The monoisotopic (exact) mass is 497 g/mol. The van der Waals surface area contributed by atoms with Gasteiger partial charge in [0.2, 0.25) is 0 Å². The van der Waals surface area contributed by atoms with Crippen LogP contribution in [0.15, 0.2) is 42.5 Å². The third kappa shape index (κ3) is 4.39. The molecule has 1 fully saturated rings. The average Bonchev–Trinajstić information content (AvgIpc) is 2.85. The first-order valence-corrected chi connectivity index (χ1v) is 12.0. The van der Waals surface area contributed by atoms with Gasteiger partial charge >= 0.3 is 0 Å². The highest BCUT2D eigenvalue weighted by atomic mass is 16.7. The van der Waals surface area contributed by atoms with E-state index in [9.17, 15) is 15.0 Å². The first-order valence-electron chi connectivity index (χ1n) is 12.0. The van der Waals surface area contributed by atoms with Crippen molar-refractivity contribution in [3.05, 3.63) is 59.2 Å². The number of aliphatic hydroxyl groups is 1. The Bertz CT molecular complexity index is 1160. The summed E-state index contributed by atoms with van der Waals surface area (Å²) in [5, 5.41) is 26.2. The fraction of sp³-hybridized carbons (Fsp3) is 0.464. The fourth-order valence-electron chi connectivity index (χ4n) is 5.08. The largest absolute Gasteiger partial charge is 0.507 e. The highest BCUT2D eigenvalue weighted by molar-refractivity contribution is 6.00. The Morgan fingerprint density at radius 3 is 2.33 bits per heavy atom. The van der Waals surface area contributed by atoms with Gasteiger partial charge in [-0.25, -0.2) is 0 Å². The quantitative estimate of drug-likeness (QED) is 0.550. The molecule has 3 N–H and O–H groups in total. The molecular formula is C28H35NO7. The Labute approximate surface area is 211 Å². The van der Waals surface area contributed by atoms with E-state index in [0.29, 0.717) is 22.6 Å². The van der Waals surface area contributed by atoms with Crippen LogP contribution in [-0.2, 0) is 24.6 Å². The number of rotatable bonds is 6. The van der Waals surface area contributed by atoms with Gasteiger partial charge in [0, 0.05) is 25.2 Å². The van der Waals surface area contributed by atoms with Crippen molar-refractivity contribution in [2.45, 2.75) is 57.2 Å². The van der Waals surface area contributed by atoms with Crippen molar-refractivity contribution < 1.29 is 34.0 Å². The second kappa shape index (κ2) is 9.52. The van der Waals surface area contributed by atoms with E-state index in [2.05, 4.69) is 19.2 Å². The predicted molar refractivity (Wildman–Crippen MR) is 136 cm³/mol. The molecule has 0 saturated carbocycles. The lowest BCUT2D eigenvalue weighted by molar-refractivity contribution is -0.255. The number of carbonyl (C=O) groups excluding carboxylic acids is 1. The third-order valence-corrected chi connectivity index (χ3v) is 7.34. The molecule has 0 radical (unpaired) electrons. The number of phenols is 1. The van der Waals surface area contributed by atoms with Crippen LogP contribution in [0.5, 0.6) is 11.5 Å². The van der Waals surface area contributed by atoms with Crippen molar-refractivity contribution in [1.29, 1.82) is 0 Å². The number of hydrogen-bond acceptors (Lipinski definition) is 7. The van der Waals surface area contributed by atoms with Crippen molar-refractivity contribution in [3.63, 3.8) is 0 Å².